The Morgan fingerprint density at radius 2 is 1.70 bits per heavy atom. The number of methoxy groups -OCH3 is 2. The van der Waals surface area contributed by atoms with E-state index in [-0.39, 0.29) is 12.0 Å². The van der Waals surface area contributed by atoms with Crippen molar-refractivity contribution < 1.29 is 17.9 Å². The minimum atomic E-state index is -3.78. The Morgan fingerprint density at radius 1 is 0.973 bits per heavy atom. The average Bonchev–Trinajstić information content (AvgIpc) is 3.34. The van der Waals surface area contributed by atoms with Crippen molar-refractivity contribution in [3.8, 4) is 22.6 Å². The van der Waals surface area contributed by atoms with Crippen LogP contribution in [0.5, 0.6) is 11.5 Å². The zero-order chi connectivity index (χ0) is 26.3. The molecule has 190 valence electrons. The van der Waals surface area contributed by atoms with Crippen molar-refractivity contribution in [1.29, 1.82) is 0 Å². The number of hydrazone groups is 1. The summed E-state index contributed by atoms with van der Waals surface area (Å²) in [6, 6.07) is 19.2. The topological polar surface area (TPSA) is 101 Å². The third-order valence-electron chi connectivity index (χ3n) is 6.33. The van der Waals surface area contributed by atoms with Crippen LogP contribution in [0.4, 0.5) is 0 Å². The van der Waals surface area contributed by atoms with Gasteiger partial charge >= 0.3 is 0 Å². The van der Waals surface area contributed by atoms with Gasteiger partial charge in [-0.1, -0.05) is 48.0 Å². The number of nitrogens with one attached hydrogen (secondary N) is 1. The highest BCUT2D eigenvalue weighted by molar-refractivity contribution is 7.88. The van der Waals surface area contributed by atoms with Gasteiger partial charge in [0, 0.05) is 27.9 Å². The third-order valence-corrected chi connectivity index (χ3v) is 7.58. The van der Waals surface area contributed by atoms with Gasteiger partial charge < -0.3 is 14.5 Å². The van der Waals surface area contributed by atoms with Crippen LogP contribution >= 0.6 is 11.6 Å². The number of hydrogen-bond acceptors (Lipinski definition) is 6. The smallest absolute Gasteiger partial charge is 0.258 e. The number of benzene rings is 3. The molecule has 0 saturated heterocycles. The van der Waals surface area contributed by atoms with Gasteiger partial charge in [-0.25, -0.2) is 8.42 Å². The Hall–Kier alpha value is -3.82. The van der Waals surface area contributed by atoms with Crippen LogP contribution in [-0.2, 0) is 10.0 Å². The molecule has 1 aliphatic heterocycles. The highest BCUT2D eigenvalue weighted by Gasteiger charge is 2.37. The summed E-state index contributed by atoms with van der Waals surface area (Å²) in [4.78, 5) is 16.4. The molecule has 0 fully saturated rings. The van der Waals surface area contributed by atoms with Crippen LogP contribution in [0.15, 0.2) is 76.6 Å². The van der Waals surface area contributed by atoms with Crippen LogP contribution in [0, 0.1) is 0 Å². The molecule has 1 aromatic heterocycles. The molecule has 1 aliphatic rings. The monoisotopic (exact) mass is 537 g/mol. The summed E-state index contributed by atoms with van der Waals surface area (Å²) in [5.74, 6) is 0.982. The molecular formula is C27H24ClN3O5S. The Bertz CT molecular complexity index is 1700. The van der Waals surface area contributed by atoms with Gasteiger partial charge in [0.1, 0.15) is 0 Å². The zero-order valence-electron chi connectivity index (χ0n) is 20.4. The van der Waals surface area contributed by atoms with Crippen LogP contribution < -0.4 is 15.0 Å². The zero-order valence-corrected chi connectivity index (χ0v) is 21.9. The number of hydrogen-bond donors (Lipinski definition) is 1. The van der Waals surface area contributed by atoms with Crippen molar-refractivity contribution in [3.05, 3.63) is 93.2 Å². The molecule has 0 unspecified atom stereocenters. The van der Waals surface area contributed by atoms with Crippen molar-refractivity contribution in [3.63, 3.8) is 0 Å². The van der Waals surface area contributed by atoms with E-state index in [0.717, 1.165) is 21.6 Å². The lowest BCUT2D eigenvalue weighted by atomic mass is 9.91. The lowest BCUT2D eigenvalue weighted by molar-refractivity contribution is 0.349. The number of rotatable bonds is 6. The summed E-state index contributed by atoms with van der Waals surface area (Å²) in [6.07, 6.45) is 1.27. The Kier molecular flexibility index (Phi) is 6.43. The van der Waals surface area contributed by atoms with Crippen LogP contribution in [-0.4, -0.2) is 44.0 Å². The quantitative estimate of drug-likeness (QED) is 0.374. The van der Waals surface area contributed by atoms with Crippen LogP contribution in [0.1, 0.15) is 23.6 Å². The number of fused-ring (bicyclic) bond motifs is 1. The maximum Gasteiger partial charge on any atom is 0.258 e. The highest BCUT2D eigenvalue weighted by atomic mass is 35.5. The molecule has 0 amide bonds. The SMILES string of the molecule is COc1ccc([C@@H]2CC(c3c(-c4ccccc4)c4cc(Cl)ccc4[nH]c3=O)=NN2S(C)(=O)=O)cc1OC. The fraction of sp³-hybridized carbons (Fsp3) is 0.185. The predicted molar refractivity (Wildman–Crippen MR) is 145 cm³/mol. The van der Waals surface area contributed by atoms with E-state index in [2.05, 4.69) is 10.1 Å². The fourth-order valence-electron chi connectivity index (χ4n) is 4.70. The van der Waals surface area contributed by atoms with E-state index < -0.39 is 16.1 Å². The van der Waals surface area contributed by atoms with Crippen molar-refractivity contribution in [1.82, 2.24) is 9.40 Å². The van der Waals surface area contributed by atoms with E-state index in [1.54, 1.807) is 36.4 Å². The summed E-state index contributed by atoms with van der Waals surface area (Å²) in [6.45, 7) is 0. The Morgan fingerprint density at radius 3 is 2.38 bits per heavy atom. The number of pyridine rings is 1. The molecule has 0 aliphatic carbocycles. The van der Waals surface area contributed by atoms with E-state index in [9.17, 15) is 13.2 Å². The number of sulfonamides is 1. The molecule has 37 heavy (non-hydrogen) atoms. The van der Waals surface area contributed by atoms with E-state index in [1.807, 2.05) is 30.3 Å². The molecule has 0 saturated carbocycles. The average molecular weight is 538 g/mol. The molecule has 4 aromatic rings. The van der Waals surface area contributed by atoms with Crippen molar-refractivity contribution in [2.45, 2.75) is 12.5 Å². The molecule has 0 radical (unpaired) electrons. The second-order valence-corrected chi connectivity index (χ2v) is 11.0. The number of nitrogens with zero attached hydrogens (tertiary/aromatic N) is 2. The first-order valence-electron chi connectivity index (χ1n) is 11.4. The van der Waals surface area contributed by atoms with Crippen LogP contribution in [0.2, 0.25) is 5.02 Å². The number of H-pyrrole nitrogens is 1. The van der Waals surface area contributed by atoms with E-state index in [1.165, 1.54) is 14.2 Å². The van der Waals surface area contributed by atoms with E-state index in [4.69, 9.17) is 21.1 Å². The maximum absolute atomic E-state index is 13.5. The van der Waals surface area contributed by atoms with Gasteiger partial charge in [0.15, 0.2) is 11.5 Å². The minimum Gasteiger partial charge on any atom is -0.493 e. The molecule has 0 spiro atoms. The summed E-state index contributed by atoms with van der Waals surface area (Å²) in [5.41, 5.74) is 3.00. The lowest BCUT2D eigenvalue weighted by Gasteiger charge is -2.22. The first-order chi connectivity index (χ1) is 17.7. The van der Waals surface area contributed by atoms with Gasteiger partial charge in [-0.2, -0.15) is 9.52 Å². The van der Waals surface area contributed by atoms with Gasteiger partial charge in [0.25, 0.3) is 5.56 Å². The lowest BCUT2D eigenvalue weighted by Crippen LogP contribution is -2.26. The molecule has 3 aromatic carbocycles. The van der Waals surface area contributed by atoms with E-state index in [0.29, 0.717) is 44.4 Å². The Balaban J connectivity index is 1.73. The minimum absolute atomic E-state index is 0.178. The van der Waals surface area contributed by atoms with E-state index >= 15 is 0 Å². The molecule has 10 heteroatoms. The fourth-order valence-corrected chi connectivity index (χ4v) is 5.78. The molecule has 8 nitrogen and oxygen atoms in total. The normalized spacial score (nSPS) is 15.6. The third kappa shape index (κ3) is 4.56. The van der Waals surface area contributed by atoms with Gasteiger partial charge in [-0.3, -0.25) is 4.79 Å². The van der Waals surface area contributed by atoms with Crippen LogP contribution in [0.25, 0.3) is 22.0 Å². The first kappa shape index (κ1) is 24.9. The van der Waals surface area contributed by atoms with Crippen molar-refractivity contribution in [2.24, 2.45) is 5.10 Å². The number of aromatic nitrogens is 1. The molecule has 1 atom stereocenters. The largest absolute Gasteiger partial charge is 0.493 e. The van der Waals surface area contributed by atoms with Gasteiger partial charge in [0.2, 0.25) is 10.0 Å². The van der Waals surface area contributed by atoms with Crippen molar-refractivity contribution >= 4 is 38.2 Å². The number of aromatic amines is 1. The van der Waals surface area contributed by atoms with Gasteiger partial charge in [-0.05, 0) is 41.5 Å². The molecule has 5 rings (SSSR count). The first-order valence-corrected chi connectivity index (χ1v) is 13.6. The maximum atomic E-state index is 13.5. The number of ether oxygens (including phenoxy) is 2. The molecule has 2 heterocycles. The number of halogens is 1. The second-order valence-electron chi connectivity index (χ2n) is 8.68. The summed E-state index contributed by atoms with van der Waals surface area (Å²) >= 11 is 6.34. The highest BCUT2D eigenvalue weighted by Crippen LogP contribution is 2.40. The summed E-state index contributed by atoms with van der Waals surface area (Å²) < 4.78 is 37.5. The van der Waals surface area contributed by atoms with Gasteiger partial charge in [-0.15, -0.1) is 0 Å². The summed E-state index contributed by atoms with van der Waals surface area (Å²) in [7, 11) is -0.735. The van der Waals surface area contributed by atoms with Crippen LogP contribution in [0.3, 0.4) is 0 Å². The molecular weight excluding hydrogens is 514 g/mol. The second kappa shape index (κ2) is 9.57. The predicted octanol–water partition coefficient (Wildman–Crippen LogP) is 4.98. The van der Waals surface area contributed by atoms with Crippen molar-refractivity contribution in [2.75, 3.05) is 20.5 Å². The summed E-state index contributed by atoms with van der Waals surface area (Å²) in [5, 5.41) is 5.74. The molecule has 0 bridgehead atoms. The Labute approximate surface area is 219 Å². The standard InChI is InChI=1S/C27H24ClN3O5S/c1-35-23-12-9-17(13-24(23)36-2)22-15-21(30-31(22)37(3,33)34)26-25(16-7-5-4-6-8-16)19-14-18(28)10-11-20(19)29-27(26)32/h4-14,22H,15H2,1-3H3,(H,29,32)/t22-/m0/s1. The van der Waals surface area contributed by atoms with Gasteiger partial charge in [0.05, 0.1) is 37.8 Å². The molecule has 1 N–H and O–H groups in total.